The number of hydrogen-bond donors (Lipinski definition) is 0. The molecule has 0 atom stereocenters. The van der Waals surface area contributed by atoms with Gasteiger partial charge in [-0.1, -0.05) is 6.92 Å². The Morgan fingerprint density at radius 2 is 2.00 bits per heavy atom. The Labute approximate surface area is 49.4 Å². The van der Waals surface area contributed by atoms with Gasteiger partial charge in [-0.25, -0.2) is 12.2 Å². The average Bonchev–Trinajstić information content (AvgIpc) is 1.41. The first-order valence-electron chi connectivity index (χ1n) is 1.58. The van der Waals surface area contributed by atoms with Crippen molar-refractivity contribution in [3.63, 3.8) is 0 Å². The summed E-state index contributed by atoms with van der Waals surface area (Å²) >= 11 is 0. The minimum atomic E-state index is 0. The molecule has 0 aliphatic heterocycles. The van der Waals surface area contributed by atoms with E-state index in [0.717, 1.165) is 0 Å². The molecule has 0 fully saturated rings. The molecule has 0 rings (SSSR count). The summed E-state index contributed by atoms with van der Waals surface area (Å²) in [5.41, 5.74) is 0. The molecular formula is C5H7Fe-. The molecule has 0 amide bonds. The van der Waals surface area contributed by atoms with Crippen LogP contribution in [0.3, 0.4) is 0 Å². The van der Waals surface area contributed by atoms with E-state index in [2.05, 4.69) is 0 Å². The third kappa shape index (κ3) is 9.00. The van der Waals surface area contributed by atoms with E-state index in [9.17, 15) is 0 Å². The Balaban J connectivity index is 0. The summed E-state index contributed by atoms with van der Waals surface area (Å²) in [5.74, 6) is 0. The molecule has 0 spiro atoms. The predicted molar refractivity (Wildman–Crippen MR) is 23.7 cm³/mol. The van der Waals surface area contributed by atoms with Crippen molar-refractivity contribution in [3.8, 4) is 0 Å². The number of hydrogen-bond acceptors (Lipinski definition) is 0. The molecule has 0 unspecified atom stereocenters. The van der Waals surface area contributed by atoms with Crippen LogP contribution in [0.1, 0.15) is 6.92 Å². The van der Waals surface area contributed by atoms with E-state index in [1.165, 1.54) is 6.08 Å². The van der Waals surface area contributed by atoms with Gasteiger partial charge in [0.25, 0.3) is 0 Å². The second kappa shape index (κ2) is 8.89. The Morgan fingerprint density at radius 3 is 2.00 bits per heavy atom. The number of allylic oxidation sites excluding steroid dienone is 3. The maximum absolute atomic E-state index is 4.93. The van der Waals surface area contributed by atoms with Gasteiger partial charge in [-0.2, -0.15) is 6.08 Å². The van der Waals surface area contributed by atoms with E-state index >= 15 is 0 Å². The molecule has 0 N–H and O–H groups in total. The first-order chi connectivity index (χ1) is 2.41. The third-order valence-electron chi connectivity index (χ3n) is 0.304. The van der Waals surface area contributed by atoms with Gasteiger partial charge in [0.1, 0.15) is 0 Å². The summed E-state index contributed by atoms with van der Waals surface area (Å²) in [7, 11) is 0. The Kier molecular flexibility index (Phi) is 13.9. The van der Waals surface area contributed by atoms with E-state index < -0.39 is 0 Å². The summed E-state index contributed by atoms with van der Waals surface area (Å²) in [6, 6.07) is 0. The molecule has 0 saturated carbocycles. The topological polar surface area (TPSA) is 0 Å². The van der Waals surface area contributed by atoms with E-state index in [1.54, 1.807) is 6.08 Å². The molecular weight excluding hydrogens is 116 g/mol. The van der Waals surface area contributed by atoms with Gasteiger partial charge < -0.3 is 0 Å². The van der Waals surface area contributed by atoms with E-state index in [-0.39, 0.29) is 17.1 Å². The zero-order valence-electron chi connectivity index (χ0n) is 3.66. The molecule has 0 aromatic heterocycles. The molecule has 0 radical (unpaired) electrons. The van der Waals surface area contributed by atoms with Crippen LogP contribution >= 0.6 is 0 Å². The van der Waals surface area contributed by atoms with Crippen molar-refractivity contribution < 1.29 is 17.1 Å². The van der Waals surface area contributed by atoms with Crippen molar-refractivity contribution in [2.75, 3.05) is 0 Å². The quantitative estimate of drug-likeness (QED) is 0.282. The molecule has 0 heterocycles. The summed E-state index contributed by atoms with van der Waals surface area (Å²) in [6.45, 7) is 6.85. The molecule has 0 nitrogen and oxygen atoms in total. The minimum absolute atomic E-state index is 0. The van der Waals surface area contributed by atoms with Crippen LogP contribution in [0.2, 0.25) is 0 Å². The van der Waals surface area contributed by atoms with E-state index in [1.807, 2.05) is 13.0 Å². The maximum atomic E-state index is 4.93. The third-order valence-corrected chi connectivity index (χ3v) is 0.304. The van der Waals surface area contributed by atoms with Crippen molar-refractivity contribution in [2.24, 2.45) is 0 Å². The van der Waals surface area contributed by atoms with Crippen LogP contribution in [0.15, 0.2) is 18.2 Å². The molecule has 0 aromatic carbocycles. The second-order valence-corrected chi connectivity index (χ2v) is 0.718. The standard InChI is InChI=1S/C5H7.Fe/c1-3-5-4-2;/h1,3-5H,2H3;/q-1;/b5-4+;. The summed E-state index contributed by atoms with van der Waals surface area (Å²) in [4.78, 5) is 0. The van der Waals surface area contributed by atoms with Gasteiger partial charge in [-0.05, 0) is 0 Å². The first-order valence-corrected chi connectivity index (χ1v) is 1.58. The minimum Gasteiger partial charge on any atom is -0.293 e. The Bertz CT molecular complexity index is 45.9. The molecule has 0 aliphatic carbocycles. The van der Waals surface area contributed by atoms with Crippen molar-refractivity contribution in [3.05, 3.63) is 24.8 Å². The van der Waals surface area contributed by atoms with Crippen LogP contribution in [0.4, 0.5) is 0 Å². The van der Waals surface area contributed by atoms with Crippen LogP contribution in [0, 0.1) is 6.58 Å². The molecule has 36 valence electrons. The SMILES string of the molecule is [CH-]=C/C=C/C.[Fe]. The Morgan fingerprint density at radius 1 is 1.50 bits per heavy atom. The molecule has 6 heavy (non-hydrogen) atoms. The summed E-state index contributed by atoms with van der Waals surface area (Å²) in [5, 5.41) is 0. The van der Waals surface area contributed by atoms with Crippen LogP contribution in [0.5, 0.6) is 0 Å². The zero-order valence-corrected chi connectivity index (χ0v) is 4.77. The van der Waals surface area contributed by atoms with Gasteiger partial charge in [0.15, 0.2) is 0 Å². The molecule has 0 saturated heterocycles. The fourth-order valence-electron chi connectivity index (χ4n) is 0.111. The average molecular weight is 123 g/mol. The molecule has 0 aliphatic rings. The monoisotopic (exact) mass is 123 g/mol. The fourth-order valence-corrected chi connectivity index (χ4v) is 0.111. The van der Waals surface area contributed by atoms with Crippen molar-refractivity contribution in [1.29, 1.82) is 0 Å². The van der Waals surface area contributed by atoms with Crippen LogP contribution in [0.25, 0.3) is 0 Å². The Hall–Kier alpha value is -0.000519. The van der Waals surface area contributed by atoms with E-state index in [4.69, 9.17) is 6.58 Å². The van der Waals surface area contributed by atoms with Gasteiger partial charge in [-0.3, -0.25) is 6.58 Å². The van der Waals surface area contributed by atoms with E-state index in [0.29, 0.717) is 0 Å². The fraction of sp³-hybridized carbons (Fsp3) is 0.200. The molecule has 1 heteroatoms. The van der Waals surface area contributed by atoms with Gasteiger partial charge in [0.05, 0.1) is 0 Å². The number of rotatable bonds is 1. The first kappa shape index (κ1) is 9.37. The van der Waals surface area contributed by atoms with Crippen molar-refractivity contribution in [2.45, 2.75) is 6.92 Å². The van der Waals surface area contributed by atoms with Crippen molar-refractivity contribution >= 4 is 0 Å². The van der Waals surface area contributed by atoms with Crippen LogP contribution in [-0.4, -0.2) is 0 Å². The molecule has 0 aromatic rings. The van der Waals surface area contributed by atoms with Crippen molar-refractivity contribution in [1.82, 2.24) is 0 Å². The van der Waals surface area contributed by atoms with Gasteiger partial charge in [0, 0.05) is 17.1 Å². The summed E-state index contributed by atoms with van der Waals surface area (Å²) < 4.78 is 0. The van der Waals surface area contributed by atoms with Crippen LogP contribution in [-0.2, 0) is 17.1 Å². The largest absolute Gasteiger partial charge is 0.293 e. The normalized spacial score (nSPS) is 7.50. The van der Waals surface area contributed by atoms with Gasteiger partial charge in [-0.15, -0.1) is 0 Å². The smallest absolute Gasteiger partial charge is 0 e. The van der Waals surface area contributed by atoms with Gasteiger partial charge >= 0.3 is 0 Å². The van der Waals surface area contributed by atoms with Gasteiger partial charge in [0.2, 0.25) is 0 Å². The maximum Gasteiger partial charge on any atom is 0 e. The second-order valence-electron chi connectivity index (χ2n) is 0.718. The summed E-state index contributed by atoms with van der Waals surface area (Å²) in [6.07, 6.45) is 5.15. The molecule has 0 bridgehead atoms. The zero-order chi connectivity index (χ0) is 4.12. The van der Waals surface area contributed by atoms with Crippen LogP contribution < -0.4 is 0 Å². The predicted octanol–water partition coefficient (Wildman–Crippen LogP) is 1.55.